The summed E-state index contributed by atoms with van der Waals surface area (Å²) in [4.78, 5) is 25.1. The van der Waals surface area contributed by atoms with Gasteiger partial charge >= 0.3 is 11.9 Å². The van der Waals surface area contributed by atoms with E-state index in [-0.39, 0.29) is 36.0 Å². The lowest BCUT2D eigenvalue weighted by atomic mass is 9.81. The van der Waals surface area contributed by atoms with E-state index in [2.05, 4.69) is 5.32 Å². The van der Waals surface area contributed by atoms with Crippen LogP contribution in [0.15, 0.2) is 47.1 Å². The average molecular weight is 361 g/mol. The first-order valence-electron chi connectivity index (χ1n) is 8.19. The summed E-state index contributed by atoms with van der Waals surface area (Å²) < 4.78 is 15.6. The number of para-hydroxylation sites is 1. The van der Waals surface area contributed by atoms with Gasteiger partial charge in [0.1, 0.15) is 17.4 Å². The van der Waals surface area contributed by atoms with Crippen molar-refractivity contribution in [3.05, 3.63) is 52.6 Å². The van der Waals surface area contributed by atoms with E-state index in [0.717, 1.165) is 0 Å². The molecule has 0 unspecified atom stereocenters. The fourth-order valence-corrected chi connectivity index (χ4v) is 2.82. The minimum absolute atomic E-state index is 0.0184. The molecule has 26 heavy (non-hydrogen) atoms. The second-order valence-electron chi connectivity index (χ2n) is 5.40. The van der Waals surface area contributed by atoms with Gasteiger partial charge < -0.3 is 31.0 Å². The molecule has 0 amide bonds. The molecule has 0 spiro atoms. The first-order valence-corrected chi connectivity index (χ1v) is 8.19. The number of rotatable bonds is 6. The number of carbonyl (C=O) groups excluding carboxylic acids is 2. The van der Waals surface area contributed by atoms with Gasteiger partial charge in [-0.05, 0) is 19.9 Å². The normalized spacial score (nSPS) is 14.7. The van der Waals surface area contributed by atoms with Crippen LogP contribution in [0.25, 0.3) is 0 Å². The number of esters is 2. The van der Waals surface area contributed by atoms with Gasteiger partial charge in [-0.2, -0.15) is 0 Å². The summed E-state index contributed by atoms with van der Waals surface area (Å²) in [5.74, 6) is -1.67. The Morgan fingerprint density at radius 2 is 1.50 bits per heavy atom. The fourth-order valence-electron chi connectivity index (χ4n) is 2.82. The van der Waals surface area contributed by atoms with Gasteiger partial charge in [-0.25, -0.2) is 9.59 Å². The zero-order valence-corrected chi connectivity index (χ0v) is 15.0. The van der Waals surface area contributed by atoms with Crippen molar-refractivity contribution >= 4 is 11.9 Å². The predicted octanol–water partition coefficient (Wildman–Crippen LogP) is 0.849. The van der Waals surface area contributed by atoms with Gasteiger partial charge in [0, 0.05) is 5.56 Å². The van der Waals surface area contributed by atoms with E-state index in [0.29, 0.717) is 11.3 Å². The number of methoxy groups -OCH3 is 1. The first-order chi connectivity index (χ1) is 12.5. The maximum absolute atomic E-state index is 12.6. The molecule has 0 aliphatic carbocycles. The van der Waals surface area contributed by atoms with Gasteiger partial charge in [0.15, 0.2) is 0 Å². The molecular formula is C18H23N3O5. The number of benzene rings is 1. The minimum atomic E-state index is -0.884. The van der Waals surface area contributed by atoms with Crippen molar-refractivity contribution in [2.45, 2.75) is 19.8 Å². The molecule has 140 valence electrons. The summed E-state index contributed by atoms with van der Waals surface area (Å²) in [5.41, 5.74) is 12.7. The molecule has 2 rings (SSSR count). The van der Waals surface area contributed by atoms with Crippen molar-refractivity contribution in [3.8, 4) is 5.75 Å². The lowest BCUT2D eigenvalue weighted by Gasteiger charge is -2.30. The van der Waals surface area contributed by atoms with Crippen LogP contribution in [0.2, 0.25) is 0 Å². The van der Waals surface area contributed by atoms with Crippen LogP contribution < -0.4 is 21.5 Å². The summed E-state index contributed by atoms with van der Waals surface area (Å²) in [7, 11) is 1.49. The highest BCUT2D eigenvalue weighted by Crippen LogP contribution is 2.41. The van der Waals surface area contributed by atoms with Gasteiger partial charge in [-0.3, -0.25) is 0 Å². The van der Waals surface area contributed by atoms with E-state index < -0.39 is 17.9 Å². The number of hydrogen-bond acceptors (Lipinski definition) is 8. The Hall–Kier alpha value is -3.16. The topological polar surface area (TPSA) is 126 Å². The highest BCUT2D eigenvalue weighted by molar-refractivity contribution is 6.00. The van der Waals surface area contributed by atoms with Crippen LogP contribution in [0, 0.1) is 0 Å². The van der Waals surface area contributed by atoms with E-state index in [1.165, 1.54) is 7.11 Å². The molecule has 0 aromatic heterocycles. The Kier molecular flexibility index (Phi) is 6.11. The second kappa shape index (κ2) is 8.28. The van der Waals surface area contributed by atoms with Crippen LogP contribution in [0.4, 0.5) is 0 Å². The molecule has 0 fully saturated rings. The number of hydrogen-bond donors (Lipinski definition) is 3. The summed E-state index contributed by atoms with van der Waals surface area (Å²) >= 11 is 0. The molecule has 1 aromatic rings. The van der Waals surface area contributed by atoms with E-state index in [4.69, 9.17) is 25.7 Å². The first kappa shape index (κ1) is 19.2. The number of nitrogens with two attached hydrogens (primary N) is 2. The van der Waals surface area contributed by atoms with Crippen molar-refractivity contribution in [1.82, 2.24) is 5.32 Å². The average Bonchev–Trinajstić information content (AvgIpc) is 2.61. The van der Waals surface area contributed by atoms with Crippen LogP contribution in [0.5, 0.6) is 5.75 Å². The van der Waals surface area contributed by atoms with Crippen LogP contribution in [0.1, 0.15) is 25.3 Å². The van der Waals surface area contributed by atoms with Gasteiger partial charge in [0.2, 0.25) is 0 Å². The fraction of sp³-hybridized carbons (Fsp3) is 0.333. The molecule has 8 heteroatoms. The van der Waals surface area contributed by atoms with Crippen molar-refractivity contribution in [1.29, 1.82) is 0 Å². The number of nitrogens with one attached hydrogen (secondary N) is 1. The summed E-state index contributed by atoms with van der Waals surface area (Å²) in [6.45, 7) is 3.67. The van der Waals surface area contributed by atoms with E-state index >= 15 is 0 Å². The minimum Gasteiger partial charge on any atom is -0.496 e. The third kappa shape index (κ3) is 3.58. The zero-order chi connectivity index (χ0) is 19.3. The third-order valence-electron chi connectivity index (χ3n) is 3.87. The largest absolute Gasteiger partial charge is 0.496 e. The lowest BCUT2D eigenvalue weighted by molar-refractivity contribution is -0.139. The highest BCUT2D eigenvalue weighted by atomic mass is 16.5. The Morgan fingerprint density at radius 3 is 1.96 bits per heavy atom. The Balaban J connectivity index is 2.69. The van der Waals surface area contributed by atoms with Crippen LogP contribution in [-0.4, -0.2) is 32.3 Å². The van der Waals surface area contributed by atoms with Gasteiger partial charge in [0.25, 0.3) is 0 Å². The number of carbonyl (C=O) groups is 2. The van der Waals surface area contributed by atoms with Crippen molar-refractivity contribution in [2.75, 3.05) is 20.3 Å². The third-order valence-corrected chi connectivity index (χ3v) is 3.87. The molecule has 0 saturated carbocycles. The van der Waals surface area contributed by atoms with Gasteiger partial charge in [-0.1, -0.05) is 18.2 Å². The van der Waals surface area contributed by atoms with Crippen LogP contribution in [-0.2, 0) is 19.1 Å². The lowest BCUT2D eigenvalue weighted by Crippen LogP contribution is -2.39. The van der Waals surface area contributed by atoms with E-state index in [9.17, 15) is 9.59 Å². The SMILES string of the molecule is CCOC(=O)C1=C(N)NC(N)=C(C(=O)OCC)C1c1ccccc1OC. The standard InChI is InChI=1S/C18H23N3O5/c1-4-25-17(22)13-12(10-8-6-7-9-11(10)24-3)14(18(23)26-5-2)16(20)21-15(13)19/h6-9,12,21H,4-5,19-20H2,1-3H3. The molecule has 0 bridgehead atoms. The van der Waals surface area contributed by atoms with Crippen molar-refractivity contribution in [2.24, 2.45) is 11.5 Å². The molecule has 1 aliphatic heterocycles. The Bertz CT molecular complexity index is 730. The second-order valence-corrected chi connectivity index (χ2v) is 5.40. The van der Waals surface area contributed by atoms with Gasteiger partial charge in [-0.15, -0.1) is 0 Å². The molecule has 0 atom stereocenters. The Morgan fingerprint density at radius 1 is 1.00 bits per heavy atom. The van der Waals surface area contributed by atoms with E-state index in [1.54, 1.807) is 38.1 Å². The number of dihydropyridines is 1. The van der Waals surface area contributed by atoms with Crippen molar-refractivity contribution < 1.29 is 23.8 Å². The maximum Gasteiger partial charge on any atom is 0.338 e. The van der Waals surface area contributed by atoms with Gasteiger partial charge in [0.05, 0.1) is 37.4 Å². The molecule has 1 aliphatic rings. The van der Waals surface area contributed by atoms with Crippen LogP contribution >= 0.6 is 0 Å². The van der Waals surface area contributed by atoms with Crippen molar-refractivity contribution in [3.63, 3.8) is 0 Å². The summed E-state index contributed by atoms with van der Waals surface area (Å²) in [6.07, 6.45) is 0. The Labute approximate surface area is 151 Å². The molecule has 8 nitrogen and oxygen atoms in total. The monoisotopic (exact) mass is 361 g/mol. The maximum atomic E-state index is 12.6. The molecule has 1 aromatic carbocycles. The number of ether oxygens (including phenoxy) is 3. The molecule has 0 radical (unpaired) electrons. The summed E-state index contributed by atoms with van der Waals surface area (Å²) in [5, 5.41) is 2.67. The molecular weight excluding hydrogens is 338 g/mol. The summed E-state index contributed by atoms with van der Waals surface area (Å²) in [6, 6.07) is 6.98. The molecule has 1 heterocycles. The highest BCUT2D eigenvalue weighted by Gasteiger charge is 2.40. The van der Waals surface area contributed by atoms with Crippen LogP contribution in [0.3, 0.4) is 0 Å². The van der Waals surface area contributed by atoms with E-state index in [1.807, 2.05) is 0 Å². The molecule has 5 N–H and O–H groups in total. The molecule has 0 saturated heterocycles. The zero-order valence-electron chi connectivity index (χ0n) is 15.0. The smallest absolute Gasteiger partial charge is 0.338 e. The quantitative estimate of drug-likeness (QED) is 0.637. The predicted molar refractivity (Wildman–Crippen MR) is 94.6 cm³/mol.